The molecule has 11 heteroatoms. The van der Waals surface area contributed by atoms with Crippen molar-refractivity contribution in [3.05, 3.63) is 10.7 Å². The fourth-order valence-corrected chi connectivity index (χ4v) is 4.08. The lowest BCUT2D eigenvalue weighted by Crippen LogP contribution is -2.54. The van der Waals surface area contributed by atoms with Crippen LogP contribution < -0.4 is 0 Å². The molecule has 0 fully saturated rings. The van der Waals surface area contributed by atoms with E-state index in [-0.39, 0.29) is 17.3 Å². The summed E-state index contributed by atoms with van der Waals surface area (Å²) in [6.45, 7) is 1.47. The molecule has 1 aliphatic heterocycles. The average molecular weight is 394 g/mol. The normalized spacial score (nSPS) is 20.7. The summed E-state index contributed by atoms with van der Waals surface area (Å²) in [7, 11) is 2.26. The second-order valence-corrected chi connectivity index (χ2v) is 6.46. The van der Waals surface area contributed by atoms with E-state index in [0.29, 0.717) is 11.8 Å². The van der Waals surface area contributed by atoms with Crippen molar-refractivity contribution in [3.8, 4) is 0 Å². The summed E-state index contributed by atoms with van der Waals surface area (Å²) in [5.74, 6) is -4.98. The third-order valence-corrected chi connectivity index (χ3v) is 5.32. The van der Waals surface area contributed by atoms with Crippen LogP contribution in [-0.4, -0.2) is 72.7 Å². The van der Waals surface area contributed by atoms with Crippen molar-refractivity contribution >= 4 is 47.4 Å². The second kappa shape index (κ2) is 8.99. The fraction of sp³-hybridized carbons (Fsp3) is 0.571. The number of hydrogen-bond donors (Lipinski definition) is 1. The Morgan fingerprint density at radius 2 is 1.92 bits per heavy atom. The molecular formula is C14H18O9S2. The Morgan fingerprint density at radius 1 is 1.28 bits per heavy atom. The number of hydrogen-bond acceptors (Lipinski definition) is 11. The van der Waals surface area contributed by atoms with Gasteiger partial charge in [0.15, 0.2) is 5.25 Å². The number of thioether (sulfide) groups is 2. The molecular weight excluding hydrogens is 376 g/mol. The third kappa shape index (κ3) is 4.03. The molecule has 1 rings (SSSR count). The van der Waals surface area contributed by atoms with Gasteiger partial charge in [0.2, 0.25) is 5.76 Å². The summed E-state index contributed by atoms with van der Waals surface area (Å²) < 4.78 is 19.2. The van der Waals surface area contributed by atoms with Gasteiger partial charge in [-0.25, -0.2) is 9.59 Å². The van der Waals surface area contributed by atoms with Crippen LogP contribution in [0, 0.1) is 0 Å². The van der Waals surface area contributed by atoms with Crippen LogP contribution in [0.1, 0.15) is 6.92 Å². The van der Waals surface area contributed by atoms with Crippen LogP contribution in [0.4, 0.5) is 0 Å². The van der Waals surface area contributed by atoms with Crippen LogP contribution in [0.25, 0.3) is 0 Å². The lowest BCUT2D eigenvalue weighted by atomic mass is 9.98. The first kappa shape index (κ1) is 21.2. The largest absolute Gasteiger partial charge is 0.501 e. The van der Waals surface area contributed by atoms with Gasteiger partial charge in [-0.2, -0.15) is 0 Å². The van der Waals surface area contributed by atoms with E-state index in [9.17, 15) is 24.3 Å². The number of aliphatic hydroxyl groups excluding tert-OH is 1. The molecule has 1 N–H and O–H groups in total. The lowest BCUT2D eigenvalue weighted by Gasteiger charge is -2.32. The fourth-order valence-electron chi connectivity index (χ4n) is 2.06. The molecule has 2 atom stereocenters. The minimum atomic E-state index is -2.25. The molecule has 0 saturated heterocycles. The van der Waals surface area contributed by atoms with Crippen LogP contribution in [0.15, 0.2) is 10.7 Å². The number of aliphatic hydroxyl groups is 1. The molecule has 0 saturated carbocycles. The lowest BCUT2D eigenvalue weighted by molar-refractivity contribution is -0.175. The Morgan fingerprint density at radius 3 is 2.40 bits per heavy atom. The smallest absolute Gasteiger partial charge is 0.375 e. The Bertz CT molecular complexity index is 601. The van der Waals surface area contributed by atoms with Crippen LogP contribution in [0.2, 0.25) is 0 Å². The summed E-state index contributed by atoms with van der Waals surface area (Å²) in [6, 6.07) is 0. The summed E-state index contributed by atoms with van der Waals surface area (Å²) in [6.07, 6.45) is 1.49. The van der Waals surface area contributed by atoms with E-state index in [0.717, 1.165) is 26.0 Å². The number of esters is 4. The van der Waals surface area contributed by atoms with Crippen LogP contribution in [0.3, 0.4) is 0 Å². The van der Waals surface area contributed by atoms with Gasteiger partial charge in [-0.1, -0.05) is 0 Å². The second-order valence-electron chi connectivity index (χ2n) is 4.53. The van der Waals surface area contributed by atoms with E-state index in [4.69, 9.17) is 9.47 Å². The molecule has 1 heterocycles. The van der Waals surface area contributed by atoms with Crippen molar-refractivity contribution in [3.63, 3.8) is 0 Å². The predicted octanol–water partition coefficient (Wildman–Crippen LogP) is 0.425. The minimum absolute atomic E-state index is 0.0594. The Kier molecular flexibility index (Phi) is 7.61. The maximum atomic E-state index is 12.6. The standard InChI is InChI=1S/C14H18O9S2/c1-5-22-13(19)14(10(24-4)12(18)21-3)9(8(16)11(17)23-14)25-6-7(15)20-2/h10,16H,5-6H2,1-4H3. The van der Waals surface area contributed by atoms with E-state index in [2.05, 4.69) is 9.47 Å². The van der Waals surface area contributed by atoms with Gasteiger partial charge in [-0.15, -0.1) is 23.5 Å². The molecule has 9 nitrogen and oxygen atoms in total. The van der Waals surface area contributed by atoms with E-state index < -0.39 is 40.5 Å². The van der Waals surface area contributed by atoms with Gasteiger partial charge in [0.25, 0.3) is 5.60 Å². The molecule has 0 spiro atoms. The molecule has 0 radical (unpaired) electrons. The Balaban J connectivity index is 3.46. The molecule has 1 aliphatic rings. The highest BCUT2D eigenvalue weighted by atomic mass is 32.2. The monoisotopic (exact) mass is 394 g/mol. The van der Waals surface area contributed by atoms with Gasteiger partial charge in [0, 0.05) is 0 Å². The van der Waals surface area contributed by atoms with Crippen molar-refractivity contribution in [2.75, 3.05) is 32.8 Å². The summed E-state index contributed by atoms with van der Waals surface area (Å²) >= 11 is 1.52. The molecule has 0 aromatic carbocycles. The van der Waals surface area contributed by atoms with E-state index in [1.165, 1.54) is 13.2 Å². The van der Waals surface area contributed by atoms with Gasteiger partial charge < -0.3 is 24.1 Å². The molecule has 0 aromatic rings. The summed E-state index contributed by atoms with van der Waals surface area (Å²) in [4.78, 5) is 47.8. The van der Waals surface area contributed by atoms with Crippen molar-refractivity contribution in [1.82, 2.24) is 0 Å². The van der Waals surface area contributed by atoms with Gasteiger partial charge in [-0.05, 0) is 13.2 Å². The van der Waals surface area contributed by atoms with Gasteiger partial charge >= 0.3 is 23.9 Å². The number of carbonyl (C=O) groups is 4. The SMILES string of the molecule is CCOC(=O)C1(C(SC)C(=O)OC)OC(=O)C(O)=C1SCC(=O)OC. The molecule has 0 aliphatic carbocycles. The first-order valence-corrected chi connectivity index (χ1v) is 9.21. The Labute approximate surface area is 152 Å². The van der Waals surface area contributed by atoms with E-state index in [1.54, 1.807) is 0 Å². The van der Waals surface area contributed by atoms with Gasteiger partial charge in [-0.3, -0.25) is 9.59 Å². The number of methoxy groups -OCH3 is 2. The summed E-state index contributed by atoms with van der Waals surface area (Å²) in [5.41, 5.74) is -2.25. The molecule has 0 aromatic heterocycles. The maximum Gasteiger partial charge on any atom is 0.375 e. The zero-order valence-corrected chi connectivity index (χ0v) is 15.7. The van der Waals surface area contributed by atoms with E-state index in [1.807, 2.05) is 0 Å². The molecule has 140 valence electrons. The van der Waals surface area contributed by atoms with Gasteiger partial charge in [0.1, 0.15) is 0 Å². The van der Waals surface area contributed by atoms with Crippen LogP contribution in [0.5, 0.6) is 0 Å². The first-order valence-electron chi connectivity index (χ1n) is 6.94. The van der Waals surface area contributed by atoms with Gasteiger partial charge in [0.05, 0.1) is 31.5 Å². The highest BCUT2D eigenvalue weighted by Gasteiger charge is 2.63. The number of rotatable bonds is 8. The van der Waals surface area contributed by atoms with Crippen molar-refractivity contribution in [2.24, 2.45) is 0 Å². The number of ether oxygens (including phenoxy) is 4. The molecule has 0 bridgehead atoms. The minimum Gasteiger partial charge on any atom is -0.501 e. The molecule has 2 unspecified atom stereocenters. The van der Waals surface area contributed by atoms with Crippen LogP contribution >= 0.6 is 23.5 Å². The number of carbonyl (C=O) groups excluding carboxylic acids is 4. The highest BCUT2D eigenvalue weighted by Crippen LogP contribution is 2.46. The first-order chi connectivity index (χ1) is 11.8. The predicted molar refractivity (Wildman–Crippen MR) is 88.9 cm³/mol. The number of cyclic esters (lactones) is 1. The van der Waals surface area contributed by atoms with Crippen molar-refractivity contribution in [2.45, 2.75) is 17.8 Å². The quantitative estimate of drug-likeness (QED) is 0.455. The van der Waals surface area contributed by atoms with Crippen LogP contribution in [-0.2, 0) is 38.1 Å². The zero-order valence-electron chi connectivity index (χ0n) is 14.0. The van der Waals surface area contributed by atoms with Crippen molar-refractivity contribution < 1.29 is 43.2 Å². The van der Waals surface area contributed by atoms with E-state index >= 15 is 0 Å². The maximum absolute atomic E-state index is 12.6. The zero-order chi connectivity index (χ0) is 19.2. The van der Waals surface area contributed by atoms with Crippen molar-refractivity contribution in [1.29, 1.82) is 0 Å². The molecule has 0 amide bonds. The third-order valence-electron chi connectivity index (χ3n) is 3.16. The molecule has 25 heavy (non-hydrogen) atoms. The Hall–Kier alpha value is -1.88. The highest BCUT2D eigenvalue weighted by molar-refractivity contribution is 8.04. The topological polar surface area (TPSA) is 125 Å². The average Bonchev–Trinajstić information content (AvgIpc) is 2.85. The summed E-state index contributed by atoms with van der Waals surface area (Å²) in [5, 5.41) is 8.72.